The molecule has 1 aliphatic rings. The van der Waals surface area contributed by atoms with Crippen molar-refractivity contribution in [2.75, 3.05) is 13.2 Å². The number of carbonyl (C=O) groups excluding carboxylic acids is 1. The van der Waals surface area contributed by atoms with Crippen molar-refractivity contribution >= 4 is 16.9 Å². The smallest absolute Gasteiger partial charge is 0.425 e. The van der Waals surface area contributed by atoms with Crippen LogP contribution in [-0.2, 0) is 15.1 Å². The maximum absolute atomic E-state index is 14.4. The van der Waals surface area contributed by atoms with Gasteiger partial charge in [-0.25, -0.2) is 13.9 Å². The van der Waals surface area contributed by atoms with E-state index in [-0.39, 0.29) is 25.1 Å². The fourth-order valence-corrected chi connectivity index (χ4v) is 4.27. The fourth-order valence-electron chi connectivity index (χ4n) is 4.27. The third-order valence-corrected chi connectivity index (χ3v) is 5.97. The molecule has 0 bridgehead atoms. The third kappa shape index (κ3) is 4.29. The number of esters is 1. The van der Waals surface area contributed by atoms with E-state index in [0.717, 1.165) is 6.20 Å². The maximum atomic E-state index is 14.4. The zero-order chi connectivity index (χ0) is 25.4. The van der Waals surface area contributed by atoms with Gasteiger partial charge in [0.15, 0.2) is 0 Å². The van der Waals surface area contributed by atoms with Crippen molar-refractivity contribution in [1.82, 2.24) is 14.7 Å². The minimum atomic E-state index is -5.08. The van der Waals surface area contributed by atoms with Crippen molar-refractivity contribution < 1.29 is 32.2 Å². The molecule has 1 aromatic heterocycles. The van der Waals surface area contributed by atoms with E-state index < -0.39 is 35.2 Å². The van der Waals surface area contributed by atoms with E-state index in [9.17, 15) is 27.5 Å². The Morgan fingerprint density at radius 2 is 1.97 bits per heavy atom. The molecule has 0 saturated heterocycles. The summed E-state index contributed by atoms with van der Waals surface area (Å²) in [4.78, 5) is 13.8. The van der Waals surface area contributed by atoms with Gasteiger partial charge in [-0.2, -0.15) is 18.3 Å². The molecule has 184 valence electrons. The van der Waals surface area contributed by atoms with E-state index in [1.807, 2.05) is 0 Å². The van der Waals surface area contributed by atoms with Crippen LogP contribution in [0, 0.1) is 5.82 Å². The van der Waals surface area contributed by atoms with Crippen molar-refractivity contribution in [3.8, 4) is 5.69 Å². The lowest BCUT2D eigenvalue weighted by Crippen LogP contribution is -2.44. The van der Waals surface area contributed by atoms with Crippen LogP contribution < -0.4 is 0 Å². The number of aliphatic hydroxyl groups is 1. The molecule has 0 amide bonds. The molecule has 1 aliphatic heterocycles. The molecule has 0 radical (unpaired) electrons. The first-order valence-electron chi connectivity index (χ1n) is 10.9. The van der Waals surface area contributed by atoms with E-state index >= 15 is 0 Å². The molecule has 2 aromatic carbocycles. The highest BCUT2D eigenvalue weighted by atomic mass is 19.4. The Kier molecular flexibility index (Phi) is 6.42. The molecule has 2 unspecified atom stereocenters. The number of halogens is 4. The predicted molar refractivity (Wildman–Crippen MR) is 121 cm³/mol. The quantitative estimate of drug-likeness (QED) is 0.298. The number of ether oxygens (including phenoxy) is 1. The normalized spacial score (nSPS) is 17.8. The summed E-state index contributed by atoms with van der Waals surface area (Å²) in [5, 5.41) is 15.7. The number of fused-ring (bicyclic) bond motifs is 1. The first-order valence-corrected chi connectivity index (χ1v) is 10.9. The molecular formula is C25H23F4N3O3. The van der Waals surface area contributed by atoms with Gasteiger partial charge in [-0.05, 0) is 54.5 Å². The Morgan fingerprint density at radius 1 is 1.26 bits per heavy atom. The highest BCUT2D eigenvalue weighted by molar-refractivity contribution is 5.82. The average molecular weight is 489 g/mol. The van der Waals surface area contributed by atoms with Gasteiger partial charge in [0.1, 0.15) is 11.9 Å². The Hall–Kier alpha value is -3.66. The van der Waals surface area contributed by atoms with Crippen molar-refractivity contribution in [1.29, 1.82) is 0 Å². The summed E-state index contributed by atoms with van der Waals surface area (Å²) >= 11 is 0. The summed E-state index contributed by atoms with van der Waals surface area (Å²) in [6.45, 7) is 5.37. The second-order valence-corrected chi connectivity index (χ2v) is 8.13. The highest BCUT2D eigenvalue weighted by Crippen LogP contribution is 2.48. The van der Waals surface area contributed by atoms with Crippen molar-refractivity contribution in [2.45, 2.75) is 31.2 Å². The molecule has 0 fully saturated rings. The van der Waals surface area contributed by atoms with Crippen LogP contribution >= 0.6 is 0 Å². The number of benzene rings is 2. The average Bonchev–Trinajstić information content (AvgIpc) is 3.43. The Labute approximate surface area is 198 Å². The molecule has 0 aliphatic carbocycles. The zero-order valence-corrected chi connectivity index (χ0v) is 18.8. The molecule has 10 heteroatoms. The molecule has 6 nitrogen and oxygen atoms in total. The number of hydrogen-bond donors (Lipinski definition) is 1. The maximum Gasteiger partial charge on any atom is 0.425 e. The van der Waals surface area contributed by atoms with E-state index in [1.165, 1.54) is 64.3 Å². The van der Waals surface area contributed by atoms with Crippen molar-refractivity contribution in [3.63, 3.8) is 0 Å². The first-order chi connectivity index (χ1) is 16.6. The van der Waals surface area contributed by atoms with Crippen LogP contribution in [0.2, 0.25) is 0 Å². The third-order valence-electron chi connectivity index (χ3n) is 5.97. The topological polar surface area (TPSA) is 67.6 Å². The number of alkyl halides is 3. The molecule has 35 heavy (non-hydrogen) atoms. The molecule has 0 saturated carbocycles. The number of hydrogen-bond acceptors (Lipinski definition) is 5. The SMILES string of the molecule is C=CCN1C=C(C(O)(c2ccc3c(cnn3-c3ccc(F)cc3)c2)C(F)(F)F)CC1C(=O)OCC. The van der Waals surface area contributed by atoms with E-state index in [4.69, 9.17) is 4.74 Å². The lowest BCUT2D eigenvalue weighted by Gasteiger charge is -2.32. The summed E-state index contributed by atoms with van der Waals surface area (Å²) in [5.41, 5.74) is -3.14. The molecule has 1 N–H and O–H groups in total. The zero-order valence-electron chi connectivity index (χ0n) is 18.8. The van der Waals surface area contributed by atoms with Gasteiger partial charge in [-0.3, -0.25) is 0 Å². The number of rotatable bonds is 7. The summed E-state index contributed by atoms with van der Waals surface area (Å²) in [6, 6.07) is 8.28. The van der Waals surface area contributed by atoms with Crippen LogP contribution in [0.15, 0.2) is 73.1 Å². The predicted octanol–water partition coefficient (Wildman–Crippen LogP) is 4.62. The molecule has 0 spiro atoms. The van der Waals surface area contributed by atoms with Gasteiger partial charge in [-0.1, -0.05) is 12.1 Å². The number of carbonyl (C=O) groups is 1. The van der Waals surface area contributed by atoms with Gasteiger partial charge in [0.2, 0.25) is 5.60 Å². The Balaban J connectivity index is 1.77. The van der Waals surface area contributed by atoms with Gasteiger partial charge in [-0.15, -0.1) is 6.58 Å². The summed E-state index contributed by atoms with van der Waals surface area (Å²) < 4.78 is 63.1. The van der Waals surface area contributed by atoms with E-state index in [2.05, 4.69) is 11.7 Å². The minimum Gasteiger partial charge on any atom is -0.464 e. The van der Waals surface area contributed by atoms with Gasteiger partial charge in [0, 0.05) is 24.6 Å². The van der Waals surface area contributed by atoms with Gasteiger partial charge in [0.05, 0.1) is 24.0 Å². The largest absolute Gasteiger partial charge is 0.464 e. The second-order valence-electron chi connectivity index (χ2n) is 8.13. The van der Waals surface area contributed by atoms with Gasteiger partial charge >= 0.3 is 12.1 Å². The van der Waals surface area contributed by atoms with Gasteiger partial charge < -0.3 is 14.7 Å². The van der Waals surface area contributed by atoms with Crippen LogP contribution in [0.1, 0.15) is 18.9 Å². The molecule has 3 aromatic rings. The van der Waals surface area contributed by atoms with Crippen molar-refractivity contribution in [2.24, 2.45) is 0 Å². The highest BCUT2D eigenvalue weighted by Gasteiger charge is 2.59. The van der Waals surface area contributed by atoms with Crippen LogP contribution in [0.4, 0.5) is 17.6 Å². The summed E-state index contributed by atoms with van der Waals surface area (Å²) in [5.74, 6) is -1.11. The van der Waals surface area contributed by atoms with Crippen LogP contribution in [0.3, 0.4) is 0 Å². The molecule has 2 atom stereocenters. The van der Waals surface area contributed by atoms with E-state index in [1.54, 1.807) is 6.92 Å². The van der Waals surface area contributed by atoms with Gasteiger partial charge in [0.25, 0.3) is 0 Å². The monoisotopic (exact) mass is 489 g/mol. The Bertz CT molecular complexity index is 1280. The number of aromatic nitrogens is 2. The summed E-state index contributed by atoms with van der Waals surface area (Å²) in [7, 11) is 0. The van der Waals surface area contributed by atoms with Crippen LogP contribution in [0.5, 0.6) is 0 Å². The van der Waals surface area contributed by atoms with Crippen molar-refractivity contribution in [3.05, 3.63) is 84.5 Å². The standard InChI is InChI=1S/C25H23F4N3O3/c1-3-11-31-15-18(13-22(31)23(33)35-4-2)24(34,25(27,28)29)17-5-10-21-16(12-17)14-30-32(21)20-8-6-19(26)7-9-20/h3,5-10,12,14-15,22,34H,1,4,11,13H2,2H3. The lowest BCUT2D eigenvalue weighted by atomic mass is 9.83. The van der Waals surface area contributed by atoms with Crippen LogP contribution in [0.25, 0.3) is 16.6 Å². The lowest BCUT2D eigenvalue weighted by molar-refractivity contribution is -0.250. The number of nitrogens with zero attached hydrogens (tertiary/aromatic N) is 3. The molecule has 4 rings (SSSR count). The minimum absolute atomic E-state index is 0.0743. The molecular weight excluding hydrogens is 466 g/mol. The van der Waals surface area contributed by atoms with Crippen LogP contribution in [-0.4, -0.2) is 51.1 Å². The summed E-state index contributed by atoms with van der Waals surface area (Å²) in [6.07, 6.45) is -1.47. The van der Waals surface area contributed by atoms with E-state index in [0.29, 0.717) is 16.6 Å². The molecule has 2 heterocycles. The fraction of sp³-hybridized carbons (Fsp3) is 0.280. The Morgan fingerprint density at radius 3 is 2.60 bits per heavy atom. The first kappa shape index (κ1) is 24.5. The second kappa shape index (κ2) is 9.18.